The first kappa shape index (κ1) is 79.6. The summed E-state index contributed by atoms with van der Waals surface area (Å²) < 4.78 is 43.5. The van der Waals surface area contributed by atoms with Gasteiger partial charge in [-0.3, -0.25) is 14.4 Å². The van der Waals surface area contributed by atoms with Crippen LogP contribution in [0.4, 0.5) is 9.59 Å². The zero-order valence-corrected chi connectivity index (χ0v) is 55.8. The highest BCUT2D eigenvalue weighted by Gasteiger charge is 2.51. The van der Waals surface area contributed by atoms with Crippen molar-refractivity contribution in [2.24, 2.45) is 28.1 Å². The number of rotatable bonds is 24. The standard InChI is InChI=1S/C33H59NO8.C16H27NO4.2C8H14O2/c1-13-15-20-39-25(35)30(8,9)22-32(12,27(37)40-21-24(3)4)23-31(10,11)26(36)41-33(14-2)16-18-34(19-17-33)28(38)42-29(5,6)7;1-7-16(20-13(18)12(2)3)8-10-17(11-9-16)14(19)21-15(4,5)6;1-6(2)5-10-8(9)7(3)4;1-4-5-6-10-8(9)7(2)3/h24H,13-23H2,1-12H3;2,7-11H2,1,3-6H3;6H,3,5H2,1-2,4H3;2,4-6H2,1,3H3. The molecule has 2 aliphatic heterocycles. The van der Waals surface area contributed by atoms with Gasteiger partial charge in [0.25, 0.3) is 0 Å². The second-order valence-corrected chi connectivity index (χ2v) is 26.8. The number of amides is 2. The molecule has 2 fully saturated rings. The lowest BCUT2D eigenvalue weighted by Crippen LogP contribution is -2.51. The summed E-state index contributed by atoms with van der Waals surface area (Å²) in [5.41, 5.74) is -4.15. The van der Waals surface area contributed by atoms with E-state index in [0.29, 0.717) is 101 Å². The summed E-state index contributed by atoms with van der Waals surface area (Å²) in [6.07, 6.45) is 6.83. The van der Waals surface area contributed by atoms with Crippen LogP contribution in [0.2, 0.25) is 0 Å². The highest BCUT2D eigenvalue weighted by Crippen LogP contribution is 2.46. The van der Waals surface area contributed by atoms with Crippen LogP contribution < -0.4 is 0 Å². The molecule has 83 heavy (non-hydrogen) atoms. The Balaban J connectivity index is 0. The first-order valence-electron chi connectivity index (χ1n) is 30.0. The monoisotopic (exact) mass is 1180 g/mol. The summed E-state index contributed by atoms with van der Waals surface area (Å²) in [7, 11) is 0. The van der Waals surface area contributed by atoms with E-state index in [9.17, 15) is 38.4 Å². The molecule has 0 aromatic carbocycles. The molecule has 1 unspecified atom stereocenters. The maximum absolute atomic E-state index is 13.8. The molecule has 0 aliphatic carbocycles. The van der Waals surface area contributed by atoms with Crippen molar-refractivity contribution in [1.29, 1.82) is 0 Å². The SMILES string of the molecule is C=C(C)C(=O)OC1(CC)CCN(C(=O)OC(C)(C)C)CC1.C=C(C)C(=O)OCC(C)C.C=C(C)C(=O)OCCCC.CCCCOC(=O)C(C)(C)CC(C)(CC(C)(C)C(=O)OC1(CC)CCN(C(=O)OC(C)(C)C)CC1)C(=O)OCC(C)C. The molecule has 0 saturated carbocycles. The van der Waals surface area contributed by atoms with E-state index in [4.69, 9.17) is 37.9 Å². The number of hydrogen-bond donors (Lipinski definition) is 0. The van der Waals surface area contributed by atoms with Crippen LogP contribution in [0.25, 0.3) is 0 Å². The van der Waals surface area contributed by atoms with Crippen LogP contribution in [0, 0.1) is 28.1 Å². The lowest BCUT2D eigenvalue weighted by molar-refractivity contribution is -0.180. The molecule has 2 saturated heterocycles. The molecule has 0 N–H and O–H groups in total. The Labute approximate surface area is 501 Å². The number of likely N-dealkylation sites (tertiary alicyclic amines) is 2. The molecule has 0 aromatic rings. The van der Waals surface area contributed by atoms with Gasteiger partial charge in [0.1, 0.15) is 22.4 Å². The van der Waals surface area contributed by atoms with E-state index < -0.39 is 50.6 Å². The number of unbranched alkanes of at least 4 members (excludes halogenated alkanes) is 2. The summed E-state index contributed by atoms with van der Waals surface area (Å²) in [5.74, 6) is -1.64. The quantitative estimate of drug-likeness (QED) is 0.0380. The Kier molecular flexibility index (Phi) is 35.0. The molecule has 0 spiro atoms. The molecule has 2 aliphatic rings. The number of ether oxygens (including phenoxy) is 8. The number of hydrogen-bond acceptors (Lipinski definition) is 16. The van der Waals surface area contributed by atoms with Crippen LogP contribution in [0.15, 0.2) is 36.5 Å². The number of carbonyl (C=O) groups is 8. The number of carbonyl (C=O) groups excluding carboxylic acids is 8. The zero-order chi connectivity index (χ0) is 65.0. The number of piperidine rings is 2. The minimum Gasteiger partial charge on any atom is -0.465 e. The zero-order valence-electron chi connectivity index (χ0n) is 55.8. The molecule has 0 aromatic heterocycles. The van der Waals surface area contributed by atoms with E-state index in [2.05, 4.69) is 26.7 Å². The second-order valence-electron chi connectivity index (χ2n) is 26.8. The van der Waals surface area contributed by atoms with Gasteiger partial charge in [-0.05, 0) is 147 Å². The van der Waals surface area contributed by atoms with Gasteiger partial charge in [0.05, 0.1) is 42.7 Å². The molecule has 2 rings (SSSR count). The summed E-state index contributed by atoms with van der Waals surface area (Å²) in [4.78, 5) is 101. The first-order chi connectivity index (χ1) is 37.9. The molecule has 480 valence electrons. The predicted molar refractivity (Wildman–Crippen MR) is 325 cm³/mol. The average Bonchev–Trinajstić information content (AvgIpc) is 3.50. The number of esters is 6. The van der Waals surface area contributed by atoms with E-state index in [1.807, 2.05) is 90.0 Å². The normalized spacial score (nSPS) is 15.6. The van der Waals surface area contributed by atoms with Gasteiger partial charge in [0.2, 0.25) is 0 Å². The van der Waals surface area contributed by atoms with Gasteiger partial charge in [-0.15, -0.1) is 0 Å². The highest BCUT2D eigenvalue weighted by atomic mass is 16.6. The van der Waals surface area contributed by atoms with Gasteiger partial charge < -0.3 is 47.7 Å². The Morgan fingerprint density at radius 2 is 0.795 bits per heavy atom. The van der Waals surface area contributed by atoms with Gasteiger partial charge >= 0.3 is 48.0 Å². The van der Waals surface area contributed by atoms with E-state index >= 15 is 0 Å². The Morgan fingerprint density at radius 3 is 1.13 bits per heavy atom. The van der Waals surface area contributed by atoms with Crippen molar-refractivity contribution in [3.63, 3.8) is 0 Å². The molecule has 2 heterocycles. The van der Waals surface area contributed by atoms with Crippen molar-refractivity contribution >= 4 is 48.0 Å². The van der Waals surface area contributed by atoms with Gasteiger partial charge in [0, 0.05) is 68.6 Å². The highest BCUT2D eigenvalue weighted by molar-refractivity contribution is 5.88. The van der Waals surface area contributed by atoms with Crippen molar-refractivity contribution in [2.75, 3.05) is 52.6 Å². The lowest BCUT2D eigenvalue weighted by Gasteiger charge is -2.43. The molecule has 0 bridgehead atoms. The summed E-state index contributed by atoms with van der Waals surface area (Å²) in [5, 5.41) is 0. The molecule has 18 heteroatoms. The van der Waals surface area contributed by atoms with E-state index in [1.54, 1.807) is 65.2 Å². The third-order valence-corrected chi connectivity index (χ3v) is 13.4. The first-order valence-corrected chi connectivity index (χ1v) is 30.0. The fraction of sp³-hybridized carbons (Fsp3) is 0.785. The van der Waals surface area contributed by atoms with Gasteiger partial charge in [-0.25, -0.2) is 24.0 Å². The van der Waals surface area contributed by atoms with E-state index in [0.717, 1.165) is 32.1 Å². The molecule has 2 amide bonds. The third-order valence-electron chi connectivity index (χ3n) is 13.4. The Morgan fingerprint density at radius 1 is 0.458 bits per heavy atom. The Bertz CT molecular complexity index is 2110. The van der Waals surface area contributed by atoms with Crippen molar-refractivity contribution in [2.45, 2.75) is 252 Å². The lowest BCUT2D eigenvalue weighted by atomic mass is 9.66. The van der Waals surface area contributed by atoms with E-state index in [1.165, 1.54) is 0 Å². The van der Waals surface area contributed by atoms with Crippen LogP contribution in [0.1, 0.15) is 229 Å². The predicted octanol–water partition coefficient (Wildman–Crippen LogP) is 14.0. The topological polar surface area (TPSA) is 217 Å². The van der Waals surface area contributed by atoms with Gasteiger partial charge in [0.15, 0.2) is 0 Å². The van der Waals surface area contributed by atoms with Crippen LogP contribution in [-0.2, 0) is 66.7 Å². The maximum atomic E-state index is 13.8. The molecular weight excluding hydrogens is 1060 g/mol. The third kappa shape index (κ3) is 32.4. The number of nitrogens with zero attached hydrogens (tertiary/aromatic N) is 2. The van der Waals surface area contributed by atoms with Crippen molar-refractivity contribution < 1.29 is 76.3 Å². The molecular formula is C65H114N2O16. The largest absolute Gasteiger partial charge is 0.465 e. The van der Waals surface area contributed by atoms with Gasteiger partial charge in [-0.1, -0.05) is 88.0 Å². The van der Waals surface area contributed by atoms with Crippen LogP contribution >= 0.6 is 0 Å². The van der Waals surface area contributed by atoms with Gasteiger partial charge in [-0.2, -0.15) is 0 Å². The van der Waals surface area contributed by atoms with Crippen molar-refractivity contribution in [3.05, 3.63) is 36.5 Å². The summed E-state index contributed by atoms with van der Waals surface area (Å²) in [6, 6.07) is 0. The van der Waals surface area contributed by atoms with Crippen LogP contribution in [0.3, 0.4) is 0 Å². The molecule has 18 nitrogen and oxygen atoms in total. The smallest absolute Gasteiger partial charge is 0.410 e. The van der Waals surface area contributed by atoms with E-state index in [-0.39, 0.29) is 61.4 Å². The van der Waals surface area contributed by atoms with Crippen LogP contribution in [0.5, 0.6) is 0 Å². The Hall–Kier alpha value is -5.42. The minimum absolute atomic E-state index is 0.130. The summed E-state index contributed by atoms with van der Waals surface area (Å²) in [6.45, 7) is 54.8. The fourth-order valence-electron chi connectivity index (χ4n) is 8.54. The maximum Gasteiger partial charge on any atom is 0.410 e. The molecule has 1 atom stereocenters. The van der Waals surface area contributed by atoms with Crippen molar-refractivity contribution in [3.8, 4) is 0 Å². The fourth-order valence-corrected chi connectivity index (χ4v) is 8.54. The minimum atomic E-state index is -1.15. The average molecular weight is 1180 g/mol. The summed E-state index contributed by atoms with van der Waals surface area (Å²) >= 11 is 0. The van der Waals surface area contributed by atoms with Crippen molar-refractivity contribution in [1.82, 2.24) is 9.80 Å². The molecule has 0 radical (unpaired) electrons. The van der Waals surface area contributed by atoms with Crippen LogP contribution in [-0.4, -0.2) is 133 Å². The second kappa shape index (κ2) is 36.4.